The van der Waals surface area contributed by atoms with Gasteiger partial charge in [-0.2, -0.15) is 0 Å². The summed E-state index contributed by atoms with van der Waals surface area (Å²) in [6.45, 7) is 4.24. The van der Waals surface area contributed by atoms with E-state index in [1.54, 1.807) is 17.5 Å². The van der Waals surface area contributed by atoms with Crippen molar-refractivity contribution in [2.75, 3.05) is 13.1 Å². The topological polar surface area (TPSA) is 108 Å². The summed E-state index contributed by atoms with van der Waals surface area (Å²) < 4.78 is 0. The van der Waals surface area contributed by atoms with Gasteiger partial charge in [0, 0.05) is 11.4 Å². The molecule has 1 atom stereocenters. The SMILES string of the molecule is CC(C)CNC(=O)CNC(=O)NC(C(=O)O)c1cccs1. The molecule has 116 valence electrons. The highest BCUT2D eigenvalue weighted by Crippen LogP contribution is 2.18. The predicted octanol–water partition coefficient (Wildman–Crippen LogP) is 0.945. The zero-order valence-electron chi connectivity index (χ0n) is 11.9. The highest BCUT2D eigenvalue weighted by atomic mass is 32.1. The summed E-state index contributed by atoms with van der Waals surface area (Å²) in [4.78, 5) is 34.7. The smallest absolute Gasteiger partial charge is 0.331 e. The van der Waals surface area contributed by atoms with Crippen LogP contribution in [0.25, 0.3) is 0 Å². The average Bonchev–Trinajstić information content (AvgIpc) is 2.93. The van der Waals surface area contributed by atoms with E-state index in [9.17, 15) is 14.4 Å². The van der Waals surface area contributed by atoms with E-state index in [4.69, 9.17) is 5.11 Å². The lowest BCUT2D eigenvalue weighted by molar-refractivity contribution is -0.139. The minimum absolute atomic E-state index is 0.199. The van der Waals surface area contributed by atoms with Crippen molar-refractivity contribution in [2.45, 2.75) is 19.9 Å². The van der Waals surface area contributed by atoms with E-state index < -0.39 is 18.0 Å². The van der Waals surface area contributed by atoms with Crippen LogP contribution in [-0.2, 0) is 9.59 Å². The maximum Gasteiger partial charge on any atom is 0.331 e. The lowest BCUT2D eigenvalue weighted by Gasteiger charge is -2.14. The molecule has 1 aromatic rings. The van der Waals surface area contributed by atoms with Gasteiger partial charge in [0.1, 0.15) is 0 Å². The minimum atomic E-state index is -1.16. The van der Waals surface area contributed by atoms with Crippen molar-refractivity contribution in [1.29, 1.82) is 0 Å². The summed E-state index contributed by atoms with van der Waals surface area (Å²) in [6, 6.07) is 1.51. The second kappa shape index (κ2) is 8.25. The number of aliphatic carboxylic acids is 1. The maximum atomic E-state index is 11.6. The first-order chi connectivity index (χ1) is 9.90. The molecular formula is C13H19N3O4S. The Bertz CT molecular complexity index is 488. The number of thiophene rings is 1. The molecule has 4 N–H and O–H groups in total. The van der Waals surface area contributed by atoms with Crippen molar-refractivity contribution in [3.63, 3.8) is 0 Å². The van der Waals surface area contributed by atoms with Gasteiger partial charge in [-0.15, -0.1) is 11.3 Å². The molecule has 0 saturated carbocycles. The van der Waals surface area contributed by atoms with Crippen LogP contribution in [0.2, 0.25) is 0 Å². The van der Waals surface area contributed by atoms with Crippen LogP contribution >= 0.6 is 11.3 Å². The van der Waals surface area contributed by atoms with Crippen molar-refractivity contribution in [3.8, 4) is 0 Å². The van der Waals surface area contributed by atoms with Crippen molar-refractivity contribution in [3.05, 3.63) is 22.4 Å². The fourth-order valence-corrected chi connectivity index (χ4v) is 2.20. The Morgan fingerprint density at radius 1 is 1.29 bits per heavy atom. The molecule has 0 spiro atoms. The highest BCUT2D eigenvalue weighted by molar-refractivity contribution is 7.10. The van der Waals surface area contributed by atoms with Crippen molar-refractivity contribution in [1.82, 2.24) is 16.0 Å². The Morgan fingerprint density at radius 3 is 2.52 bits per heavy atom. The monoisotopic (exact) mass is 313 g/mol. The largest absolute Gasteiger partial charge is 0.479 e. The first-order valence-corrected chi connectivity index (χ1v) is 7.35. The highest BCUT2D eigenvalue weighted by Gasteiger charge is 2.22. The molecule has 0 aliphatic rings. The Hall–Kier alpha value is -2.09. The number of rotatable bonds is 7. The fourth-order valence-electron chi connectivity index (χ4n) is 1.43. The molecule has 0 aliphatic heterocycles. The Morgan fingerprint density at radius 2 is 2.00 bits per heavy atom. The lowest BCUT2D eigenvalue weighted by atomic mass is 10.2. The number of hydrogen-bond acceptors (Lipinski definition) is 4. The molecule has 0 saturated heterocycles. The van der Waals surface area contributed by atoms with Gasteiger partial charge in [0.2, 0.25) is 5.91 Å². The predicted molar refractivity (Wildman–Crippen MR) is 79.1 cm³/mol. The molecule has 7 nitrogen and oxygen atoms in total. The molecule has 1 aromatic heterocycles. The lowest BCUT2D eigenvalue weighted by Crippen LogP contribution is -2.45. The summed E-state index contributed by atoms with van der Waals surface area (Å²) in [5.74, 6) is -1.16. The zero-order chi connectivity index (χ0) is 15.8. The van der Waals surface area contributed by atoms with E-state index in [0.29, 0.717) is 17.3 Å². The Balaban J connectivity index is 2.41. The molecule has 1 heterocycles. The van der Waals surface area contributed by atoms with Gasteiger partial charge in [0.25, 0.3) is 0 Å². The van der Waals surface area contributed by atoms with E-state index in [1.807, 2.05) is 13.8 Å². The first kappa shape index (κ1) is 17.0. The van der Waals surface area contributed by atoms with Crippen LogP contribution < -0.4 is 16.0 Å². The van der Waals surface area contributed by atoms with Crippen LogP contribution in [0.4, 0.5) is 4.79 Å². The molecule has 1 unspecified atom stereocenters. The van der Waals surface area contributed by atoms with E-state index in [0.717, 1.165) is 0 Å². The molecule has 0 bridgehead atoms. The Kier molecular flexibility index (Phi) is 6.67. The van der Waals surface area contributed by atoms with Crippen molar-refractivity contribution < 1.29 is 19.5 Å². The zero-order valence-corrected chi connectivity index (χ0v) is 12.7. The van der Waals surface area contributed by atoms with Gasteiger partial charge in [0.15, 0.2) is 6.04 Å². The fraction of sp³-hybridized carbons (Fsp3) is 0.462. The molecule has 8 heteroatoms. The number of hydrogen-bond donors (Lipinski definition) is 4. The number of carbonyl (C=O) groups is 3. The third-order valence-electron chi connectivity index (χ3n) is 2.47. The Labute approximate surface area is 126 Å². The summed E-state index contributed by atoms with van der Waals surface area (Å²) >= 11 is 1.23. The summed E-state index contributed by atoms with van der Waals surface area (Å²) in [5, 5.41) is 18.1. The van der Waals surface area contributed by atoms with Gasteiger partial charge < -0.3 is 21.1 Å². The number of carboxylic acid groups (broad SMARTS) is 1. The minimum Gasteiger partial charge on any atom is -0.479 e. The van der Waals surface area contributed by atoms with Crippen LogP contribution in [0.15, 0.2) is 17.5 Å². The van der Waals surface area contributed by atoms with E-state index in [1.165, 1.54) is 11.3 Å². The number of carboxylic acids is 1. The third-order valence-corrected chi connectivity index (χ3v) is 3.40. The molecule has 1 rings (SSSR count). The maximum absolute atomic E-state index is 11.6. The molecule has 0 fully saturated rings. The van der Waals surface area contributed by atoms with Crippen LogP contribution in [0, 0.1) is 5.92 Å². The van der Waals surface area contributed by atoms with Crippen molar-refractivity contribution in [2.24, 2.45) is 5.92 Å². The summed E-state index contributed by atoms with van der Waals surface area (Å²) in [7, 11) is 0. The standard InChI is InChI=1S/C13H19N3O4S/c1-8(2)6-14-10(17)7-15-13(20)16-11(12(18)19)9-4-3-5-21-9/h3-5,8,11H,6-7H2,1-2H3,(H,14,17)(H,18,19)(H2,15,16,20). The molecule has 21 heavy (non-hydrogen) atoms. The number of nitrogens with one attached hydrogen (secondary N) is 3. The number of amides is 3. The number of carbonyl (C=O) groups excluding carboxylic acids is 2. The second-order valence-corrected chi connectivity index (χ2v) is 5.79. The van der Waals surface area contributed by atoms with Gasteiger partial charge in [-0.1, -0.05) is 19.9 Å². The van der Waals surface area contributed by atoms with Crippen LogP contribution in [0.3, 0.4) is 0 Å². The molecule has 3 amide bonds. The third kappa shape index (κ3) is 6.26. The number of urea groups is 1. The van der Waals surface area contributed by atoms with Gasteiger partial charge >= 0.3 is 12.0 Å². The molecule has 0 radical (unpaired) electrons. The first-order valence-electron chi connectivity index (χ1n) is 6.47. The van der Waals surface area contributed by atoms with Gasteiger partial charge in [-0.25, -0.2) is 9.59 Å². The van der Waals surface area contributed by atoms with Gasteiger partial charge in [-0.05, 0) is 17.4 Å². The van der Waals surface area contributed by atoms with E-state index >= 15 is 0 Å². The van der Waals surface area contributed by atoms with Gasteiger partial charge in [0.05, 0.1) is 6.54 Å². The van der Waals surface area contributed by atoms with Crippen molar-refractivity contribution >= 4 is 29.2 Å². The molecule has 0 aliphatic carbocycles. The van der Waals surface area contributed by atoms with Crippen LogP contribution in [-0.4, -0.2) is 36.1 Å². The van der Waals surface area contributed by atoms with Crippen LogP contribution in [0.5, 0.6) is 0 Å². The summed E-state index contributed by atoms with van der Waals surface area (Å²) in [6.07, 6.45) is 0. The van der Waals surface area contributed by atoms with Crippen LogP contribution in [0.1, 0.15) is 24.8 Å². The summed E-state index contributed by atoms with van der Waals surface area (Å²) in [5.41, 5.74) is 0. The quantitative estimate of drug-likeness (QED) is 0.601. The molecular weight excluding hydrogens is 294 g/mol. The van der Waals surface area contributed by atoms with E-state index in [-0.39, 0.29) is 12.5 Å². The van der Waals surface area contributed by atoms with E-state index in [2.05, 4.69) is 16.0 Å². The average molecular weight is 313 g/mol. The normalized spacial score (nSPS) is 11.8. The van der Waals surface area contributed by atoms with Gasteiger partial charge in [-0.3, -0.25) is 4.79 Å². The second-order valence-electron chi connectivity index (χ2n) is 4.81. The molecule has 0 aromatic carbocycles.